The van der Waals surface area contributed by atoms with Crippen molar-refractivity contribution in [2.45, 2.75) is 43.8 Å². The van der Waals surface area contributed by atoms with Gasteiger partial charge in [0.25, 0.3) is 0 Å². The summed E-state index contributed by atoms with van der Waals surface area (Å²) in [4.78, 5) is 75.3. The molecule has 0 fully saturated rings. The Morgan fingerprint density at radius 1 is 0.878 bits per heavy atom. The molecule has 226 valence electrons. The molecule has 0 bridgehead atoms. The molecule has 6 amide bonds. The van der Waals surface area contributed by atoms with Crippen LogP contribution >= 0.6 is 0 Å². The summed E-state index contributed by atoms with van der Waals surface area (Å²) >= 11 is 0. The fourth-order valence-corrected chi connectivity index (χ4v) is 3.58. The minimum atomic E-state index is -1.42. The molecule has 1 rings (SSSR count). The Labute approximate surface area is 239 Å². The van der Waals surface area contributed by atoms with Gasteiger partial charge in [0, 0.05) is 6.42 Å². The highest BCUT2D eigenvalue weighted by Crippen LogP contribution is 2.07. The highest BCUT2D eigenvalue weighted by atomic mass is 16.3. The lowest BCUT2D eigenvalue weighted by molar-refractivity contribution is -0.134. The minimum absolute atomic E-state index is 0.154. The summed E-state index contributed by atoms with van der Waals surface area (Å²) in [6, 6.07) is 5.44. The average Bonchev–Trinajstić information content (AvgIpc) is 2.94. The van der Waals surface area contributed by atoms with E-state index in [1.54, 1.807) is 24.3 Å². The van der Waals surface area contributed by atoms with Crippen molar-refractivity contribution in [3.8, 4) is 0 Å². The lowest BCUT2D eigenvalue weighted by atomic mass is 10.0. The van der Waals surface area contributed by atoms with E-state index in [4.69, 9.17) is 5.73 Å². The van der Waals surface area contributed by atoms with Gasteiger partial charge in [-0.25, -0.2) is 0 Å². The van der Waals surface area contributed by atoms with E-state index in [1.165, 1.54) is 0 Å². The van der Waals surface area contributed by atoms with Crippen molar-refractivity contribution < 1.29 is 33.9 Å². The van der Waals surface area contributed by atoms with Crippen LogP contribution < -0.4 is 32.3 Å². The van der Waals surface area contributed by atoms with Crippen molar-refractivity contribution in [3.63, 3.8) is 0 Å². The van der Waals surface area contributed by atoms with Crippen molar-refractivity contribution in [3.05, 3.63) is 48.6 Å². The molecule has 0 aliphatic rings. The molecule has 14 nitrogen and oxygen atoms in total. The fraction of sp³-hybridized carbons (Fsp3) is 0.481. The molecule has 0 heterocycles. The van der Waals surface area contributed by atoms with Crippen LogP contribution in [-0.2, 0) is 35.2 Å². The second-order valence-electron chi connectivity index (χ2n) is 9.51. The maximum atomic E-state index is 13.2. The number of nitrogens with one attached hydrogen (secondary N) is 5. The fourth-order valence-electron chi connectivity index (χ4n) is 3.58. The lowest BCUT2D eigenvalue weighted by Crippen LogP contribution is -2.58. The van der Waals surface area contributed by atoms with Gasteiger partial charge in [-0.3, -0.25) is 28.8 Å². The summed E-state index contributed by atoms with van der Waals surface area (Å²) in [6.07, 6.45) is 2.64. The standard InChI is InChI=1S/C27H41N7O7/c1-4-22(36)29-15-23(37)30-16-24(38)31-21(17-35)27(41)32-19(12-8-9-13-34(2)3)26(40)33-20(25(28)39)14-18-10-6-5-7-11-18/h4-7,10-11,19-21,35H,1,8-9,12-17H2,2-3H3,(H2,28,39)(H,29,36)(H,30,37)(H,31,38)(H,32,41)(H,33,40)/t19?,20-,21-/m0/s1. The molecule has 0 aliphatic heterocycles. The Morgan fingerprint density at radius 2 is 1.49 bits per heavy atom. The van der Waals surface area contributed by atoms with Gasteiger partial charge in [-0.05, 0) is 51.5 Å². The van der Waals surface area contributed by atoms with Crippen LogP contribution in [0.25, 0.3) is 0 Å². The van der Waals surface area contributed by atoms with Gasteiger partial charge in [0.1, 0.15) is 18.1 Å². The van der Waals surface area contributed by atoms with E-state index in [1.807, 2.05) is 25.1 Å². The van der Waals surface area contributed by atoms with E-state index in [-0.39, 0.29) is 19.4 Å². The van der Waals surface area contributed by atoms with Crippen LogP contribution in [0.15, 0.2) is 43.0 Å². The predicted molar refractivity (Wildman–Crippen MR) is 151 cm³/mol. The minimum Gasteiger partial charge on any atom is -0.394 e. The number of amides is 6. The van der Waals surface area contributed by atoms with E-state index in [0.717, 1.165) is 24.6 Å². The van der Waals surface area contributed by atoms with Crippen LogP contribution in [0.1, 0.15) is 24.8 Å². The number of nitrogens with two attached hydrogens (primary N) is 1. The zero-order valence-corrected chi connectivity index (χ0v) is 23.5. The Hall–Kier alpha value is -4.30. The first-order chi connectivity index (χ1) is 19.5. The normalized spacial score (nSPS) is 12.8. The number of benzene rings is 1. The summed E-state index contributed by atoms with van der Waals surface area (Å²) < 4.78 is 0. The van der Waals surface area contributed by atoms with Crippen LogP contribution in [0.3, 0.4) is 0 Å². The number of unbranched alkanes of at least 4 members (excludes halogenated alkanes) is 1. The molecule has 1 aromatic rings. The molecule has 0 saturated carbocycles. The monoisotopic (exact) mass is 575 g/mol. The van der Waals surface area contributed by atoms with Crippen LogP contribution in [0.5, 0.6) is 0 Å². The van der Waals surface area contributed by atoms with E-state index in [0.29, 0.717) is 6.42 Å². The van der Waals surface area contributed by atoms with Gasteiger partial charge in [0.05, 0.1) is 19.7 Å². The molecule has 3 atom stereocenters. The zero-order valence-electron chi connectivity index (χ0n) is 23.5. The third-order valence-electron chi connectivity index (χ3n) is 5.81. The Balaban J connectivity index is 2.83. The molecule has 0 aromatic heterocycles. The number of primary amides is 1. The number of rotatable bonds is 19. The molecule has 1 unspecified atom stereocenters. The van der Waals surface area contributed by atoms with Gasteiger partial charge < -0.3 is 42.3 Å². The number of carbonyl (C=O) groups excluding carboxylic acids is 6. The van der Waals surface area contributed by atoms with E-state index < -0.39 is 66.7 Å². The van der Waals surface area contributed by atoms with Gasteiger partial charge in [0.2, 0.25) is 35.4 Å². The maximum absolute atomic E-state index is 13.2. The number of hydrogen-bond donors (Lipinski definition) is 7. The first kappa shape index (κ1) is 34.7. The van der Waals surface area contributed by atoms with Crippen LogP contribution in [-0.4, -0.2) is 104 Å². The lowest BCUT2D eigenvalue weighted by Gasteiger charge is -2.24. The maximum Gasteiger partial charge on any atom is 0.245 e. The Kier molecular flexibility index (Phi) is 16.0. The van der Waals surface area contributed by atoms with E-state index in [2.05, 4.69) is 33.2 Å². The van der Waals surface area contributed by atoms with Crippen LogP contribution in [0, 0.1) is 0 Å². The molecule has 41 heavy (non-hydrogen) atoms. The molecule has 0 saturated heterocycles. The Bertz CT molecular complexity index is 1050. The third kappa shape index (κ3) is 14.6. The van der Waals surface area contributed by atoms with Crippen molar-refractivity contribution in [2.75, 3.05) is 40.3 Å². The SMILES string of the molecule is C=CC(=O)NCC(=O)NCC(=O)N[C@@H](CO)C(=O)NC(CCCCN(C)C)C(=O)N[C@@H](Cc1ccccc1)C(N)=O. The smallest absolute Gasteiger partial charge is 0.245 e. The van der Waals surface area contributed by atoms with Gasteiger partial charge in [-0.15, -0.1) is 0 Å². The second kappa shape index (κ2) is 18.9. The molecule has 0 spiro atoms. The second-order valence-corrected chi connectivity index (χ2v) is 9.51. The van der Waals surface area contributed by atoms with Gasteiger partial charge in [-0.2, -0.15) is 0 Å². The van der Waals surface area contributed by atoms with Gasteiger partial charge in [0.15, 0.2) is 0 Å². The van der Waals surface area contributed by atoms with Gasteiger partial charge >= 0.3 is 0 Å². The molecule has 8 N–H and O–H groups in total. The average molecular weight is 576 g/mol. The summed E-state index contributed by atoms with van der Waals surface area (Å²) in [5.41, 5.74) is 6.30. The van der Waals surface area contributed by atoms with Crippen molar-refractivity contribution in [1.82, 2.24) is 31.5 Å². The highest BCUT2D eigenvalue weighted by molar-refractivity contribution is 5.95. The topological polar surface area (TPSA) is 212 Å². The quantitative estimate of drug-likeness (QED) is 0.0680. The summed E-state index contributed by atoms with van der Waals surface area (Å²) in [6.45, 7) is 2.30. The molecule has 14 heteroatoms. The first-order valence-corrected chi connectivity index (χ1v) is 13.1. The zero-order chi connectivity index (χ0) is 30.8. The van der Waals surface area contributed by atoms with Crippen molar-refractivity contribution in [1.29, 1.82) is 0 Å². The first-order valence-electron chi connectivity index (χ1n) is 13.1. The largest absolute Gasteiger partial charge is 0.394 e. The van der Waals surface area contributed by atoms with E-state index >= 15 is 0 Å². The molecule has 1 aromatic carbocycles. The molecule has 0 aliphatic carbocycles. The number of nitrogens with zero attached hydrogens (tertiary/aromatic N) is 1. The van der Waals surface area contributed by atoms with Gasteiger partial charge in [-0.1, -0.05) is 36.9 Å². The number of aliphatic hydroxyl groups is 1. The molecular weight excluding hydrogens is 534 g/mol. The highest BCUT2D eigenvalue weighted by Gasteiger charge is 2.29. The van der Waals surface area contributed by atoms with Crippen LogP contribution in [0.4, 0.5) is 0 Å². The number of aliphatic hydroxyl groups excluding tert-OH is 1. The van der Waals surface area contributed by atoms with Crippen LogP contribution in [0.2, 0.25) is 0 Å². The Morgan fingerprint density at radius 3 is 2.07 bits per heavy atom. The number of hydrogen-bond acceptors (Lipinski definition) is 8. The van der Waals surface area contributed by atoms with Crippen molar-refractivity contribution >= 4 is 35.4 Å². The summed E-state index contributed by atoms with van der Waals surface area (Å²) in [7, 11) is 3.81. The summed E-state index contributed by atoms with van der Waals surface area (Å²) in [5.74, 6) is -4.23. The van der Waals surface area contributed by atoms with E-state index in [9.17, 15) is 33.9 Å². The number of carbonyl (C=O) groups is 6. The third-order valence-corrected chi connectivity index (χ3v) is 5.81. The van der Waals surface area contributed by atoms with Crippen molar-refractivity contribution in [2.24, 2.45) is 5.73 Å². The molecule has 0 radical (unpaired) electrons. The summed E-state index contributed by atoms with van der Waals surface area (Å²) in [5, 5.41) is 21.6. The predicted octanol–water partition coefficient (Wildman–Crippen LogP) is -2.69. The molecular formula is C27H41N7O7.